The van der Waals surface area contributed by atoms with Crippen molar-refractivity contribution in [1.29, 1.82) is 0 Å². The summed E-state index contributed by atoms with van der Waals surface area (Å²) in [5.74, 6) is 0.630. The van der Waals surface area contributed by atoms with Crippen LogP contribution in [0.1, 0.15) is 5.56 Å². The van der Waals surface area contributed by atoms with Gasteiger partial charge in [-0.1, -0.05) is 48.3 Å². The first kappa shape index (κ1) is 19.2. The molecule has 1 aliphatic heterocycles. The molecule has 0 unspecified atom stereocenters. The van der Waals surface area contributed by atoms with Crippen LogP contribution in [-0.4, -0.2) is 31.4 Å². The summed E-state index contributed by atoms with van der Waals surface area (Å²) < 4.78 is 5.69. The minimum Gasteiger partial charge on any atom is -0.497 e. The lowest BCUT2D eigenvalue weighted by atomic mass is 10.2. The molecule has 1 fully saturated rings. The molecule has 0 aliphatic carbocycles. The zero-order chi connectivity index (χ0) is 19.4. The van der Waals surface area contributed by atoms with E-state index in [2.05, 4.69) is 17.0 Å². The van der Waals surface area contributed by atoms with Gasteiger partial charge in [-0.05, 0) is 48.0 Å². The third-order valence-electron chi connectivity index (χ3n) is 4.07. The van der Waals surface area contributed by atoms with Crippen molar-refractivity contribution in [3.8, 4) is 5.75 Å². The molecule has 2 aromatic rings. The number of thiocarbonyl (C=S) groups is 1. The Morgan fingerprint density at radius 2 is 1.74 bits per heavy atom. The lowest BCUT2D eigenvalue weighted by molar-refractivity contribution is -0.113. The van der Waals surface area contributed by atoms with Gasteiger partial charge < -0.3 is 9.64 Å². The van der Waals surface area contributed by atoms with Crippen molar-refractivity contribution in [1.82, 2.24) is 0 Å². The highest BCUT2D eigenvalue weighted by Crippen LogP contribution is 2.35. The van der Waals surface area contributed by atoms with Crippen LogP contribution in [0.15, 0.2) is 65.6 Å². The van der Waals surface area contributed by atoms with Gasteiger partial charge in [-0.2, -0.15) is 0 Å². The molecule has 1 saturated heterocycles. The summed E-state index contributed by atoms with van der Waals surface area (Å²) in [6.45, 7) is 0. The van der Waals surface area contributed by atoms with Crippen LogP contribution in [0.5, 0.6) is 5.75 Å². The van der Waals surface area contributed by atoms with E-state index in [4.69, 9.17) is 17.0 Å². The molecule has 0 spiro atoms. The van der Waals surface area contributed by atoms with E-state index in [0.717, 1.165) is 22.7 Å². The molecule has 0 saturated carbocycles. The third-order valence-corrected chi connectivity index (χ3v) is 5.39. The highest BCUT2D eigenvalue weighted by molar-refractivity contribution is 8.27. The number of carbonyl (C=O) groups is 1. The number of anilines is 2. The maximum Gasteiger partial charge on any atom is 0.270 e. The van der Waals surface area contributed by atoms with E-state index in [1.54, 1.807) is 12.0 Å². The lowest BCUT2D eigenvalue weighted by Crippen LogP contribution is -2.27. The molecule has 0 radical (unpaired) electrons. The summed E-state index contributed by atoms with van der Waals surface area (Å²) in [6, 6.07) is 15.5. The van der Waals surface area contributed by atoms with Gasteiger partial charge in [0.1, 0.15) is 5.75 Å². The van der Waals surface area contributed by atoms with Crippen LogP contribution in [-0.2, 0) is 4.79 Å². The van der Waals surface area contributed by atoms with Gasteiger partial charge >= 0.3 is 0 Å². The van der Waals surface area contributed by atoms with Gasteiger partial charge in [0.25, 0.3) is 5.91 Å². The number of rotatable bonds is 5. The van der Waals surface area contributed by atoms with Crippen molar-refractivity contribution in [3.63, 3.8) is 0 Å². The minimum atomic E-state index is -0.109. The summed E-state index contributed by atoms with van der Waals surface area (Å²) in [4.78, 5) is 16.9. The fourth-order valence-electron chi connectivity index (χ4n) is 2.57. The van der Waals surface area contributed by atoms with Gasteiger partial charge in [0.15, 0.2) is 4.32 Å². The average Bonchev–Trinajstić information content (AvgIpc) is 2.96. The molecule has 2 aromatic carbocycles. The van der Waals surface area contributed by atoms with E-state index in [1.807, 2.05) is 68.7 Å². The molecule has 1 amide bonds. The Morgan fingerprint density at radius 3 is 2.33 bits per heavy atom. The van der Waals surface area contributed by atoms with Crippen LogP contribution < -0.4 is 14.5 Å². The molecule has 0 atom stereocenters. The van der Waals surface area contributed by atoms with Crippen LogP contribution >= 0.6 is 24.0 Å². The summed E-state index contributed by atoms with van der Waals surface area (Å²) in [7, 11) is 5.63. The van der Waals surface area contributed by atoms with E-state index in [9.17, 15) is 4.79 Å². The van der Waals surface area contributed by atoms with Crippen LogP contribution in [0, 0.1) is 0 Å². The van der Waals surface area contributed by atoms with Crippen LogP contribution in [0.3, 0.4) is 0 Å². The zero-order valence-electron chi connectivity index (χ0n) is 15.4. The van der Waals surface area contributed by atoms with Crippen LogP contribution in [0.2, 0.25) is 0 Å². The Balaban J connectivity index is 1.73. The van der Waals surface area contributed by atoms with Crippen molar-refractivity contribution < 1.29 is 9.53 Å². The first-order valence-electron chi connectivity index (χ1n) is 8.35. The number of carbonyl (C=O) groups excluding carboxylic acids is 1. The Morgan fingerprint density at radius 1 is 1.07 bits per heavy atom. The topological polar surface area (TPSA) is 32.8 Å². The standard InChI is InChI=1S/C21H20N2O2S2/c1-22(2)16-9-7-15(8-10-16)5-4-6-19-20(24)23(21(26)27-19)17-11-13-18(25-3)14-12-17/h4-14H,1-3H3/b5-4+,19-6-. The summed E-state index contributed by atoms with van der Waals surface area (Å²) >= 11 is 6.70. The molecule has 0 bridgehead atoms. The molecular formula is C21H20N2O2S2. The molecule has 4 nitrogen and oxygen atoms in total. The predicted molar refractivity (Wildman–Crippen MR) is 119 cm³/mol. The molecule has 1 aliphatic rings. The number of thioether (sulfide) groups is 1. The van der Waals surface area contributed by atoms with Crippen molar-refractivity contribution in [2.45, 2.75) is 0 Å². The second-order valence-electron chi connectivity index (χ2n) is 6.08. The maximum atomic E-state index is 12.7. The summed E-state index contributed by atoms with van der Waals surface area (Å²) in [6.07, 6.45) is 5.66. The van der Waals surface area contributed by atoms with Gasteiger partial charge in [-0.3, -0.25) is 9.69 Å². The first-order valence-corrected chi connectivity index (χ1v) is 9.58. The van der Waals surface area contributed by atoms with E-state index < -0.39 is 0 Å². The molecule has 27 heavy (non-hydrogen) atoms. The van der Waals surface area contributed by atoms with Crippen molar-refractivity contribution in [3.05, 3.63) is 71.2 Å². The number of hydrogen-bond donors (Lipinski definition) is 0. The van der Waals surface area contributed by atoms with E-state index in [0.29, 0.717) is 9.23 Å². The Labute approximate surface area is 169 Å². The molecule has 3 rings (SSSR count). The molecule has 0 aromatic heterocycles. The Bertz CT molecular complexity index is 901. The van der Waals surface area contributed by atoms with Crippen molar-refractivity contribution in [2.24, 2.45) is 0 Å². The quantitative estimate of drug-likeness (QED) is 0.539. The molecular weight excluding hydrogens is 376 g/mol. The number of benzene rings is 2. The smallest absolute Gasteiger partial charge is 0.270 e. The largest absolute Gasteiger partial charge is 0.497 e. The van der Waals surface area contributed by atoms with Crippen LogP contribution in [0.25, 0.3) is 6.08 Å². The third kappa shape index (κ3) is 4.40. The Kier molecular flexibility index (Phi) is 5.98. The number of methoxy groups -OCH3 is 1. The van der Waals surface area contributed by atoms with Gasteiger partial charge in [0.2, 0.25) is 0 Å². The van der Waals surface area contributed by atoms with E-state index in [-0.39, 0.29) is 5.91 Å². The second-order valence-corrected chi connectivity index (χ2v) is 7.76. The molecule has 138 valence electrons. The maximum absolute atomic E-state index is 12.7. The number of nitrogens with zero attached hydrogens (tertiary/aromatic N) is 2. The lowest BCUT2D eigenvalue weighted by Gasteiger charge is -2.14. The molecule has 0 N–H and O–H groups in total. The van der Waals surface area contributed by atoms with Gasteiger partial charge in [0.05, 0.1) is 17.7 Å². The SMILES string of the molecule is COc1ccc(N2C(=O)/C(=C/C=C/c3ccc(N(C)C)cc3)SC2=S)cc1. The fraction of sp³-hybridized carbons (Fsp3) is 0.143. The molecule has 1 heterocycles. The van der Waals surface area contributed by atoms with Crippen molar-refractivity contribution >= 4 is 51.7 Å². The summed E-state index contributed by atoms with van der Waals surface area (Å²) in [5, 5.41) is 0. The minimum absolute atomic E-state index is 0.109. The van der Waals surface area contributed by atoms with E-state index in [1.165, 1.54) is 11.8 Å². The van der Waals surface area contributed by atoms with Gasteiger partial charge in [-0.25, -0.2) is 0 Å². The van der Waals surface area contributed by atoms with Crippen LogP contribution in [0.4, 0.5) is 11.4 Å². The highest BCUT2D eigenvalue weighted by atomic mass is 32.2. The Hall–Kier alpha value is -2.57. The number of ether oxygens (including phenoxy) is 1. The van der Waals surface area contributed by atoms with Gasteiger partial charge in [-0.15, -0.1) is 0 Å². The predicted octanol–water partition coefficient (Wildman–Crippen LogP) is 4.72. The monoisotopic (exact) mass is 396 g/mol. The number of allylic oxidation sites excluding steroid dienone is 2. The highest BCUT2D eigenvalue weighted by Gasteiger charge is 2.32. The van der Waals surface area contributed by atoms with Gasteiger partial charge in [0, 0.05) is 19.8 Å². The number of hydrogen-bond acceptors (Lipinski definition) is 5. The average molecular weight is 397 g/mol. The first-order chi connectivity index (χ1) is 13.0. The van der Waals surface area contributed by atoms with E-state index >= 15 is 0 Å². The number of amides is 1. The fourth-order valence-corrected chi connectivity index (χ4v) is 3.82. The zero-order valence-corrected chi connectivity index (χ0v) is 17.0. The summed E-state index contributed by atoms with van der Waals surface area (Å²) in [5.41, 5.74) is 2.96. The normalized spacial score (nSPS) is 15.8. The molecule has 6 heteroatoms. The second kappa shape index (κ2) is 8.41. The van der Waals surface area contributed by atoms with Crippen molar-refractivity contribution in [2.75, 3.05) is 31.0 Å².